The fourth-order valence-corrected chi connectivity index (χ4v) is 3.50. The van der Waals surface area contributed by atoms with Crippen LogP contribution in [0.15, 0.2) is 12.3 Å². The van der Waals surface area contributed by atoms with Gasteiger partial charge in [0.1, 0.15) is 5.78 Å². The number of aromatic nitrogens is 1. The topological polar surface area (TPSA) is 22.0 Å². The van der Waals surface area contributed by atoms with E-state index in [0.717, 1.165) is 19.3 Å². The number of aryl methyl sites for hydroxylation is 1. The first-order chi connectivity index (χ1) is 6.72. The minimum atomic E-state index is 0.250. The molecule has 4 heteroatoms. The Balaban J connectivity index is 2.27. The van der Waals surface area contributed by atoms with E-state index >= 15 is 0 Å². The summed E-state index contributed by atoms with van der Waals surface area (Å²) in [5, 5.41) is 0. The SMILES string of the molecule is CC(=O)C1CCc2ccn(SI)c2C1. The van der Waals surface area contributed by atoms with Crippen molar-refractivity contribution in [2.75, 3.05) is 0 Å². The molecule has 2 rings (SSSR count). The van der Waals surface area contributed by atoms with Crippen molar-refractivity contribution >= 4 is 36.1 Å². The zero-order valence-electron chi connectivity index (χ0n) is 8.00. The van der Waals surface area contributed by atoms with Crippen LogP contribution in [0.5, 0.6) is 0 Å². The molecule has 1 aromatic heterocycles. The Kier molecular flexibility index (Phi) is 3.21. The summed E-state index contributed by atoms with van der Waals surface area (Å²) in [4.78, 5) is 11.3. The van der Waals surface area contributed by atoms with Gasteiger partial charge in [0.25, 0.3) is 0 Å². The summed E-state index contributed by atoms with van der Waals surface area (Å²) in [6.45, 7) is 1.71. The third-order valence-corrected chi connectivity index (χ3v) is 4.66. The second-order valence-electron chi connectivity index (χ2n) is 3.73. The standard InChI is InChI=1S/C10H12INOS/c1-7(13)9-3-2-8-4-5-12(14-11)10(8)6-9/h4-5,9H,2-3,6H2,1H3. The third-order valence-electron chi connectivity index (χ3n) is 2.90. The third kappa shape index (κ3) is 1.86. The highest BCUT2D eigenvalue weighted by Gasteiger charge is 2.24. The van der Waals surface area contributed by atoms with Crippen LogP contribution in [-0.2, 0) is 17.6 Å². The summed E-state index contributed by atoms with van der Waals surface area (Å²) >= 11 is 2.28. The lowest BCUT2D eigenvalue weighted by molar-refractivity contribution is -0.121. The molecule has 1 unspecified atom stereocenters. The quantitative estimate of drug-likeness (QED) is 0.781. The van der Waals surface area contributed by atoms with Crippen molar-refractivity contribution < 1.29 is 4.79 Å². The van der Waals surface area contributed by atoms with Crippen LogP contribution in [0.4, 0.5) is 0 Å². The van der Waals surface area contributed by atoms with Crippen molar-refractivity contribution in [2.24, 2.45) is 5.92 Å². The van der Waals surface area contributed by atoms with Gasteiger partial charge in [-0.3, -0.25) is 8.77 Å². The van der Waals surface area contributed by atoms with Gasteiger partial charge < -0.3 is 0 Å². The number of hydrogen-bond donors (Lipinski definition) is 0. The van der Waals surface area contributed by atoms with E-state index in [1.807, 2.05) is 0 Å². The molecule has 0 aromatic carbocycles. The largest absolute Gasteiger partial charge is 0.300 e. The van der Waals surface area contributed by atoms with Crippen LogP contribution in [-0.4, -0.2) is 9.76 Å². The lowest BCUT2D eigenvalue weighted by atomic mass is 9.86. The van der Waals surface area contributed by atoms with E-state index in [1.54, 1.807) is 16.0 Å². The van der Waals surface area contributed by atoms with Crippen LogP contribution in [0.1, 0.15) is 24.6 Å². The smallest absolute Gasteiger partial charge is 0.133 e. The summed E-state index contributed by atoms with van der Waals surface area (Å²) in [5.74, 6) is 0.585. The van der Waals surface area contributed by atoms with E-state index in [2.05, 4.69) is 37.4 Å². The molecule has 76 valence electrons. The zero-order chi connectivity index (χ0) is 10.1. The molecule has 0 amide bonds. The first-order valence-corrected chi connectivity index (χ1v) is 8.02. The van der Waals surface area contributed by atoms with Crippen molar-refractivity contribution in [3.05, 3.63) is 23.5 Å². The lowest BCUT2D eigenvalue weighted by Crippen LogP contribution is -2.21. The van der Waals surface area contributed by atoms with Gasteiger partial charge >= 0.3 is 0 Å². The molecule has 1 atom stereocenters. The molecule has 0 radical (unpaired) electrons. The second kappa shape index (κ2) is 4.26. The predicted octanol–water partition coefficient (Wildman–Crippen LogP) is 3.03. The monoisotopic (exact) mass is 321 g/mol. The molecule has 0 saturated carbocycles. The number of halogens is 1. The van der Waals surface area contributed by atoms with E-state index in [-0.39, 0.29) is 5.92 Å². The molecule has 14 heavy (non-hydrogen) atoms. The molecule has 0 fully saturated rings. The van der Waals surface area contributed by atoms with Crippen molar-refractivity contribution in [3.8, 4) is 0 Å². The summed E-state index contributed by atoms with van der Waals surface area (Å²) < 4.78 is 2.17. The van der Waals surface area contributed by atoms with Crippen molar-refractivity contribution in [1.82, 2.24) is 3.97 Å². The minimum Gasteiger partial charge on any atom is -0.300 e. The number of rotatable bonds is 2. The molecule has 2 nitrogen and oxygen atoms in total. The molecule has 1 aliphatic rings. The van der Waals surface area contributed by atoms with Gasteiger partial charge in [-0.2, -0.15) is 0 Å². The number of carbonyl (C=O) groups is 1. The van der Waals surface area contributed by atoms with Gasteiger partial charge in [0.2, 0.25) is 0 Å². The van der Waals surface area contributed by atoms with Crippen molar-refractivity contribution in [2.45, 2.75) is 26.2 Å². The van der Waals surface area contributed by atoms with Gasteiger partial charge in [0, 0.05) is 48.1 Å². The highest BCUT2D eigenvalue weighted by atomic mass is 127. The molecule has 1 aromatic rings. The molecule has 1 aliphatic carbocycles. The Bertz CT molecular complexity index is 348. The average molecular weight is 321 g/mol. The summed E-state index contributed by atoms with van der Waals surface area (Å²) in [6, 6.07) is 2.18. The van der Waals surface area contributed by atoms with Gasteiger partial charge in [0.05, 0.1) is 0 Å². The van der Waals surface area contributed by atoms with E-state index < -0.39 is 0 Å². The van der Waals surface area contributed by atoms with Gasteiger partial charge in [-0.25, -0.2) is 0 Å². The number of carbonyl (C=O) groups excluding carboxylic acids is 1. The number of Topliss-reactive ketones (excluding diaryl/α,β-unsaturated/α-hetero) is 1. The number of nitrogens with zero attached hydrogens (tertiary/aromatic N) is 1. The lowest BCUT2D eigenvalue weighted by Gasteiger charge is -2.21. The van der Waals surface area contributed by atoms with Crippen LogP contribution in [0.2, 0.25) is 0 Å². The van der Waals surface area contributed by atoms with Gasteiger partial charge in [-0.05, 0) is 37.8 Å². The molecule has 0 bridgehead atoms. The molecule has 1 heterocycles. The highest BCUT2D eigenvalue weighted by molar-refractivity contribution is 14.2. The Morgan fingerprint density at radius 1 is 1.71 bits per heavy atom. The number of fused-ring (bicyclic) bond motifs is 1. The van der Waals surface area contributed by atoms with Crippen LogP contribution < -0.4 is 0 Å². The zero-order valence-corrected chi connectivity index (χ0v) is 11.0. The van der Waals surface area contributed by atoms with Gasteiger partial charge in [0.15, 0.2) is 0 Å². The summed E-state index contributed by atoms with van der Waals surface area (Å²) in [5.41, 5.74) is 2.77. The van der Waals surface area contributed by atoms with Crippen LogP contribution in [0.25, 0.3) is 0 Å². The normalized spacial score (nSPS) is 20.6. The van der Waals surface area contributed by atoms with Gasteiger partial charge in [-0.15, -0.1) is 0 Å². The predicted molar refractivity (Wildman–Crippen MR) is 67.6 cm³/mol. The number of hydrogen-bond acceptors (Lipinski definition) is 2. The average Bonchev–Trinajstić information content (AvgIpc) is 2.59. The van der Waals surface area contributed by atoms with Crippen molar-refractivity contribution in [1.29, 1.82) is 0 Å². The van der Waals surface area contributed by atoms with E-state index in [4.69, 9.17) is 0 Å². The molecule has 0 spiro atoms. The van der Waals surface area contributed by atoms with Crippen molar-refractivity contribution in [3.63, 3.8) is 0 Å². The summed E-state index contributed by atoms with van der Waals surface area (Å²) in [6.07, 6.45) is 5.11. The molecule has 0 saturated heterocycles. The Hall–Kier alpha value is 0.0300. The minimum absolute atomic E-state index is 0.250. The Morgan fingerprint density at radius 3 is 3.14 bits per heavy atom. The van der Waals surface area contributed by atoms with E-state index in [9.17, 15) is 4.79 Å². The maximum absolute atomic E-state index is 11.3. The molecular weight excluding hydrogens is 309 g/mol. The highest BCUT2D eigenvalue weighted by Crippen LogP contribution is 2.31. The Labute approximate surface area is 100 Å². The summed E-state index contributed by atoms with van der Waals surface area (Å²) in [7, 11) is 1.68. The van der Waals surface area contributed by atoms with Gasteiger partial charge in [-0.1, -0.05) is 0 Å². The fraction of sp³-hybridized carbons (Fsp3) is 0.500. The van der Waals surface area contributed by atoms with Crippen LogP contribution >= 0.6 is 30.3 Å². The second-order valence-corrected chi connectivity index (χ2v) is 5.45. The molecular formula is C10H12INOS. The number of ketones is 1. The maximum atomic E-state index is 11.3. The van der Waals surface area contributed by atoms with Crippen LogP contribution in [0.3, 0.4) is 0 Å². The van der Waals surface area contributed by atoms with E-state index in [0.29, 0.717) is 5.78 Å². The Morgan fingerprint density at radius 2 is 2.50 bits per heavy atom. The fourth-order valence-electron chi connectivity index (χ4n) is 2.01. The van der Waals surface area contributed by atoms with E-state index in [1.165, 1.54) is 11.3 Å². The first-order valence-electron chi connectivity index (χ1n) is 4.71. The van der Waals surface area contributed by atoms with Crippen LogP contribution in [0, 0.1) is 5.92 Å². The maximum Gasteiger partial charge on any atom is 0.133 e. The molecule has 0 N–H and O–H groups in total. The molecule has 0 aliphatic heterocycles. The first kappa shape index (κ1) is 10.5.